The van der Waals surface area contributed by atoms with E-state index in [1.807, 2.05) is 36.4 Å². The minimum atomic E-state index is -0.209. The average molecular weight is 348 g/mol. The van der Waals surface area contributed by atoms with Crippen LogP contribution in [0.5, 0.6) is 5.75 Å². The van der Waals surface area contributed by atoms with E-state index >= 15 is 0 Å². The summed E-state index contributed by atoms with van der Waals surface area (Å²) in [6.07, 6.45) is 4.83. The molecule has 0 bridgehead atoms. The van der Waals surface area contributed by atoms with Gasteiger partial charge in [-0.25, -0.2) is 4.39 Å². The monoisotopic (exact) mass is 348 g/mol. The van der Waals surface area contributed by atoms with Crippen molar-refractivity contribution in [3.8, 4) is 28.0 Å². The summed E-state index contributed by atoms with van der Waals surface area (Å²) in [6, 6.07) is 21.4. The summed E-state index contributed by atoms with van der Waals surface area (Å²) in [7, 11) is 1.62. The van der Waals surface area contributed by atoms with Gasteiger partial charge in [0, 0.05) is 5.56 Å². The summed E-state index contributed by atoms with van der Waals surface area (Å²) in [5.74, 6) is 0.560. The van der Waals surface area contributed by atoms with E-state index in [0.717, 1.165) is 28.9 Å². The average Bonchev–Trinajstić information content (AvgIpc) is 2.69. The van der Waals surface area contributed by atoms with Gasteiger partial charge in [-0.15, -0.1) is 0 Å². The van der Waals surface area contributed by atoms with Crippen LogP contribution in [0.2, 0.25) is 0 Å². The Morgan fingerprint density at radius 2 is 1.42 bits per heavy atom. The normalized spacial score (nSPS) is 10.7. The maximum absolute atomic E-state index is 14.7. The number of methoxy groups -OCH3 is 1. The molecule has 0 radical (unpaired) electrons. The molecular weight excluding hydrogens is 323 g/mol. The third-order valence-electron chi connectivity index (χ3n) is 4.73. The molecular formula is C24H25FO. The fourth-order valence-electron chi connectivity index (χ4n) is 3.14. The number of hydrogen-bond acceptors (Lipinski definition) is 1. The molecule has 0 aliphatic heterocycles. The molecule has 134 valence electrons. The molecule has 0 atom stereocenters. The van der Waals surface area contributed by atoms with E-state index in [4.69, 9.17) is 4.74 Å². The van der Waals surface area contributed by atoms with Crippen molar-refractivity contribution in [3.63, 3.8) is 0 Å². The van der Waals surface area contributed by atoms with Crippen LogP contribution in [0.3, 0.4) is 0 Å². The van der Waals surface area contributed by atoms with Crippen LogP contribution in [0.4, 0.5) is 4.39 Å². The molecule has 0 N–H and O–H groups in total. The second kappa shape index (κ2) is 8.66. The van der Waals surface area contributed by atoms with Crippen LogP contribution in [-0.2, 0) is 6.42 Å². The zero-order valence-corrected chi connectivity index (χ0v) is 15.5. The molecule has 0 saturated carbocycles. The zero-order valence-electron chi connectivity index (χ0n) is 15.5. The van der Waals surface area contributed by atoms with Crippen LogP contribution in [-0.4, -0.2) is 7.11 Å². The highest BCUT2D eigenvalue weighted by Crippen LogP contribution is 2.29. The SMILES string of the molecule is CCCCCc1ccc(-c2ccc(-c3ccc(OC)cc3)c(F)c2)cc1. The maximum atomic E-state index is 14.7. The van der Waals surface area contributed by atoms with Crippen LogP contribution in [0.25, 0.3) is 22.3 Å². The van der Waals surface area contributed by atoms with Gasteiger partial charge in [0.15, 0.2) is 0 Å². The second-order valence-electron chi connectivity index (χ2n) is 6.58. The van der Waals surface area contributed by atoms with E-state index in [2.05, 4.69) is 31.2 Å². The Morgan fingerprint density at radius 3 is 2.04 bits per heavy atom. The van der Waals surface area contributed by atoms with E-state index in [1.54, 1.807) is 13.2 Å². The van der Waals surface area contributed by atoms with Crippen LogP contribution in [0.1, 0.15) is 31.7 Å². The first-order valence-electron chi connectivity index (χ1n) is 9.24. The highest BCUT2D eigenvalue weighted by atomic mass is 19.1. The minimum absolute atomic E-state index is 0.209. The molecule has 0 heterocycles. The molecule has 0 spiro atoms. The number of rotatable bonds is 7. The van der Waals surface area contributed by atoms with Crippen molar-refractivity contribution in [1.29, 1.82) is 0 Å². The Morgan fingerprint density at radius 1 is 0.769 bits per heavy atom. The highest BCUT2D eigenvalue weighted by molar-refractivity contribution is 5.71. The van der Waals surface area contributed by atoms with Crippen molar-refractivity contribution in [2.24, 2.45) is 0 Å². The summed E-state index contributed by atoms with van der Waals surface area (Å²) in [5, 5.41) is 0. The third kappa shape index (κ3) is 4.32. The van der Waals surface area contributed by atoms with Gasteiger partial charge in [-0.05, 0) is 53.3 Å². The predicted molar refractivity (Wildman–Crippen MR) is 107 cm³/mol. The summed E-state index contributed by atoms with van der Waals surface area (Å²) in [6.45, 7) is 2.22. The first-order chi connectivity index (χ1) is 12.7. The number of aryl methyl sites for hydroxylation is 1. The topological polar surface area (TPSA) is 9.23 Å². The second-order valence-corrected chi connectivity index (χ2v) is 6.58. The fraction of sp³-hybridized carbons (Fsp3) is 0.250. The Kier molecular flexibility index (Phi) is 6.06. The van der Waals surface area contributed by atoms with E-state index < -0.39 is 0 Å². The molecule has 2 heteroatoms. The summed E-state index contributed by atoms with van der Waals surface area (Å²) in [4.78, 5) is 0. The van der Waals surface area contributed by atoms with E-state index in [-0.39, 0.29) is 5.82 Å². The highest BCUT2D eigenvalue weighted by Gasteiger charge is 2.08. The predicted octanol–water partition coefficient (Wildman–Crippen LogP) is 6.90. The van der Waals surface area contributed by atoms with Gasteiger partial charge in [0.05, 0.1) is 7.11 Å². The Balaban J connectivity index is 1.78. The van der Waals surface area contributed by atoms with Gasteiger partial charge in [-0.1, -0.05) is 68.3 Å². The molecule has 0 amide bonds. The van der Waals surface area contributed by atoms with Gasteiger partial charge in [-0.3, -0.25) is 0 Å². The zero-order chi connectivity index (χ0) is 18.4. The Hall–Kier alpha value is -2.61. The molecule has 0 aromatic heterocycles. The molecule has 3 aromatic rings. The van der Waals surface area contributed by atoms with Crippen molar-refractivity contribution < 1.29 is 9.13 Å². The molecule has 0 saturated heterocycles. The molecule has 26 heavy (non-hydrogen) atoms. The number of hydrogen-bond donors (Lipinski definition) is 0. The molecule has 0 aliphatic rings. The van der Waals surface area contributed by atoms with E-state index in [9.17, 15) is 4.39 Å². The van der Waals surface area contributed by atoms with Crippen molar-refractivity contribution in [1.82, 2.24) is 0 Å². The van der Waals surface area contributed by atoms with Crippen LogP contribution in [0.15, 0.2) is 66.7 Å². The van der Waals surface area contributed by atoms with Crippen LogP contribution >= 0.6 is 0 Å². The standard InChI is InChI=1S/C24H25FO/c1-3-4-5-6-18-7-9-19(10-8-18)21-13-16-23(24(25)17-21)20-11-14-22(26-2)15-12-20/h7-17H,3-6H2,1-2H3. The molecule has 0 unspecified atom stereocenters. The minimum Gasteiger partial charge on any atom is -0.497 e. The van der Waals surface area contributed by atoms with Crippen molar-refractivity contribution in [2.75, 3.05) is 7.11 Å². The Labute approximate surface area is 155 Å². The van der Waals surface area contributed by atoms with Gasteiger partial charge >= 0.3 is 0 Å². The van der Waals surface area contributed by atoms with Gasteiger partial charge < -0.3 is 4.74 Å². The fourth-order valence-corrected chi connectivity index (χ4v) is 3.14. The molecule has 0 fully saturated rings. The van der Waals surface area contributed by atoms with E-state index in [0.29, 0.717) is 5.56 Å². The summed E-state index contributed by atoms with van der Waals surface area (Å²) >= 11 is 0. The molecule has 0 aliphatic carbocycles. The smallest absolute Gasteiger partial charge is 0.131 e. The largest absolute Gasteiger partial charge is 0.497 e. The lowest BCUT2D eigenvalue weighted by Crippen LogP contribution is -1.89. The summed E-state index contributed by atoms with van der Waals surface area (Å²) < 4.78 is 19.8. The third-order valence-corrected chi connectivity index (χ3v) is 4.73. The number of unbranched alkanes of at least 4 members (excludes halogenated alkanes) is 2. The maximum Gasteiger partial charge on any atom is 0.131 e. The number of ether oxygens (including phenoxy) is 1. The van der Waals surface area contributed by atoms with E-state index in [1.165, 1.54) is 24.8 Å². The molecule has 1 nitrogen and oxygen atoms in total. The van der Waals surface area contributed by atoms with Gasteiger partial charge in [0.2, 0.25) is 0 Å². The van der Waals surface area contributed by atoms with Gasteiger partial charge in [-0.2, -0.15) is 0 Å². The van der Waals surface area contributed by atoms with Gasteiger partial charge in [0.25, 0.3) is 0 Å². The van der Waals surface area contributed by atoms with Crippen LogP contribution in [0, 0.1) is 5.82 Å². The van der Waals surface area contributed by atoms with Crippen LogP contribution < -0.4 is 4.74 Å². The number of benzene rings is 3. The summed E-state index contributed by atoms with van der Waals surface area (Å²) in [5.41, 5.74) is 4.75. The quantitative estimate of drug-likeness (QED) is 0.422. The number of halogens is 1. The first-order valence-corrected chi connectivity index (χ1v) is 9.24. The molecule has 3 rings (SSSR count). The first kappa shape index (κ1) is 18.2. The lowest BCUT2D eigenvalue weighted by molar-refractivity contribution is 0.415. The van der Waals surface area contributed by atoms with Crippen molar-refractivity contribution >= 4 is 0 Å². The Bertz CT molecular complexity index is 835. The van der Waals surface area contributed by atoms with Gasteiger partial charge in [0.1, 0.15) is 11.6 Å². The molecule has 3 aromatic carbocycles. The van der Waals surface area contributed by atoms with Crippen molar-refractivity contribution in [2.45, 2.75) is 32.6 Å². The lowest BCUT2D eigenvalue weighted by Gasteiger charge is -2.09. The lowest BCUT2D eigenvalue weighted by atomic mass is 9.98. The van der Waals surface area contributed by atoms with Crippen molar-refractivity contribution in [3.05, 3.63) is 78.1 Å².